The summed E-state index contributed by atoms with van der Waals surface area (Å²) >= 11 is 1.50. The first-order valence-electron chi connectivity index (χ1n) is 8.04. The Balaban J connectivity index is 1.72. The zero-order chi connectivity index (χ0) is 16.9. The molecule has 1 aliphatic heterocycles. The van der Waals surface area contributed by atoms with Crippen molar-refractivity contribution >= 4 is 11.8 Å². The van der Waals surface area contributed by atoms with Gasteiger partial charge in [-0.25, -0.2) is 0 Å². The quantitative estimate of drug-likeness (QED) is 0.872. The van der Waals surface area contributed by atoms with E-state index in [1.54, 1.807) is 6.92 Å². The van der Waals surface area contributed by atoms with Crippen molar-refractivity contribution in [2.45, 2.75) is 48.3 Å². The second-order valence-electron chi connectivity index (χ2n) is 5.88. The third kappa shape index (κ3) is 4.18. The van der Waals surface area contributed by atoms with Crippen LogP contribution in [0.5, 0.6) is 0 Å². The zero-order valence-corrected chi connectivity index (χ0v) is 14.3. The first-order chi connectivity index (χ1) is 11.6. The summed E-state index contributed by atoms with van der Waals surface area (Å²) in [6.45, 7) is 2.12. The number of thioether (sulfide) groups is 1. The molecule has 1 heterocycles. The SMILES string of the molecule is C[C@@H]1O[C@H](Sc2ccccc2)[C@H](OCc2ccccc2)[C@H](O)[C@H]1O. The Morgan fingerprint density at radius 3 is 2.25 bits per heavy atom. The molecule has 1 saturated heterocycles. The number of ether oxygens (including phenoxy) is 2. The number of rotatable bonds is 5. The van der Waals surface area contributed by atoms with Crippen molar-refractivity contribution < 1.29 is 19.7 Å². The predicted octanol–water partition coefficient (Wildman–Crippen LogP) is 2.83. The summed E-state index contributed by atoms with van der Waals surface area (Å²) in [5, 5.41) is 20.6. The van der Waals surface area contributed by atoms with Gasteiger partial charge in [-0.1, -0.05) is 60.3 Å². The topological polar surface area (TPSA) is 58.9 Å². The number of hydrogen-bond acceptors (Lipinski definition) is 5. The van der Waals surface area contributed by atoms with Crippen molar-refractivity contribution in [3.05, 3.63) is 66.2 Å². The van der Waals surface area contributed by atoms with E-state index in [1.807, 2.05) is 60.7 Å². The van der Waals surface area contributed by atoms with Gasteiger partial charge in [0.05, 0.1) is 12.7 Å². The van der Waals surface area contributed by atoms with Gasteiger partial charge in [-0.3, -0.25) is 0 Å². The monoisotopic (exact) mass is 346 g/mol. The molecule has 0 aliphatic carbocycles. The third-order valence-electron chi connectivity index (χ3n) is 4.07. The van der Waals surface area contributed by atoms with Gasteiger partial charge in [0.2, 0.25) is 0 Å². The number of benzene rings is 2. The largest absolute Gasteiger partial charge is 0.388 e. The molecule has 0 radical (unpaired) electrons. The van der Waals surface area contributed by atoms with Crippen molar-refractivity contribution in [2.75, 3.05) is 0 Å². The lowest BCUT2D eigenvalue weighted by Crippen LogP contribution is -2.56. The van der Waals surface area contributed by atoms with Crippen molar-refractivity contribution in [2.24, 2.45) is 0 Å². The fourth-order valence-corrected chi connectivity index (χ4v) is 3.86. The Morgan fingerprint density at radius 1 is 0.958 bits per heavy atom. The van der Waals surface area contributed by atoms with E-state index >= 15 is 0 Å². The fraction of sp³-hybridized carbons (Fsp3) is 0.368. The van der Waals surface area contributed by atoms with E-state index < -0.39 is 24.4 Å². The summed E-state index contributed by atoms with van der Waals surface area (Å²) in [5.41, 5.74) is 0.630. The van der Waals surface area contributed by atoms with E-state index in [0.717, 1.165) is 10.5 Å². The summed E-state index contributed by atoms with van der Waals surface area (Å²) < 4.78 is 11.8. The smallest absolute Gasteiger partial charge is 0.136 e. The van der Waals surface area contributed by atoms with Gasteiger partial charge >= 0.3 is 0 Å². The molecule has 0 spiro atoms. The molecule has 0 aromatic heterocycles. The van der Waals surface area contributed by atoms with Crippen LogP contribution in [0.4, 0.5) is 0 Å². The Bertz CT molecular complexity index is 622. The molecule has 3 rings (SSSR count). The van der Waals surface area contributed by atoms with Crippen LogP contribution in [0.3, 0.4) is 0 Å². The molecule has 0 bridgehead atoms. The maximum atomic E-state index is 10.5. The van der Waals surface area contributed by atoms with E-state index in [9.17, 15) is 10.2 Å². The van der Waals surface area contributed by atoms with Crippen molar-refractivity contribution in [1.29, 1.82) is 0 Å². The van der Waals surface area contributed by atoms with Crippen LogP contribution in [0, 0.1) is 0 Å². The van der Waals surface area contributed by atoms with Crippen molar-refractivity contribution in [3.8, 4) is 0 Å². The van der Waals surface area contributed by atoms with Gasteiger partial charge in [0, 0.05) is 4.90 Å². The minimum atomic E-state index is -0.987. The lowest BCUT2D eigenvalue weighted by atomic mass is 10.0. The van der Waals surface area contributed by atoms with E-state index in [-0.39, 0.29) is 5.44 Å². The van der Waals surface area contributed by atoms with Crippen LogP contribution < -0.4 is 0 Å². The van der Waals surface area contributed by atoms with Crippen LogP contribution in [-0.4, -0.2) is 40.1 Å². The van der Waals surface area contributed by atoms with Gasteiger partial charge < -0.3 is 19.7 Å². The molecule has 5 atom stereocenters. The van der Waals surface area contributed by atoms with Crippen molar-refractivity contribution in [1.82, 2.24) is 0 Å². The minimum Gasteiger partial charge on any atom is -0.388 e. The van der Waals surface area contributed by atoms with E-state index in [0.29, 0.717) is 6.61 Å². The number of aliphatic hydroxyl groups is 2. The summed E-state index contributed by atoms with van der Waals surface area (Å²) in [6.07, 6.45) is -3.00. The summed E-state index contributed by atoms with van der Waals surface area (Å²) in [7, 11) is 0. The molecule has 0 amide bonds. The molecule has 5 heteroatoms. The lowest BCUT2D eigenvalue weighted by molar-refractivity contribution is -0.210. The average Bonchev–Trinajstić information content (AvgIpc) is 2.61. The molecule has 1 aliphatic rings. The molecule has 4 nitrogen and oxygen atoms in total. The highest BCUT2D eigenvalue weighted by Gasteiger charge is 2.43. The highest BCUT2D eigenvalue weighted by molar-refractivity contribution is 7.99. The van der Waals surface area contributed by atoms with Gasteiger partial charge in [-0.15, -0.1) is 0 Å². The maximum absolute atomic E-state index is 10.5. The molecule has 128 valence electrons. The standard InChI is InChI=1S/C19H22O4S/c1-13-16(20)17(21)18(22-12-14-8-4-2-5-9-14)19(23-13)24-15-10-6-3-7-11-15/h2-11,13,16-21H,12H2,1H3/t13-,16-,17+,18+,19+/m0/s1. The maximum Gasteiger partial charge on any atom is 0.136 e. The van der Waals surface area contributed by atoms with Gasteiger partial charge in [0.25, 0.3) is 0 Å². The molecular weight excluding hydrogens is 324 g/mol. The minimum absolute atomic E-state index is 0.360. The van der Waals surface area contributed by atoms with Crippen molar-refractivity contribution in [3.63, 3.8) is 0 Å². The molecule has 2 aromatic rings. The highest BCUT2D eigenvalue weighted by Crippen LogP contribution is 2.35. The molecular formula is C19H22O4S. The molecule has 1 fully saturated rings. The van der Waals surface area contributed by atoms with E-state index in [1.165, 1.54) is 11.8 Å². The fourth-order valence-electron chi connectivity index (χ4n) is 2.67. The lowest BCUT2D eigenvalue weighted by Gasteiger charge is -2.41. The summed E-state index contributed by atoms with van der Waals surface area (Å²) in [5.74, 6) is 0. The van der Waals surface area contributed by atoms with Crippen LogP contribution >= 0.6 is 11.8 Å². The molecule has 2 N–H and O–H groups in total. The highest BCUT2D eigenvalue weighted by atomic mass is 32.2. The first-order valence-corrected chi connectivity index (χ1v) is 8.92. The molecule has 24 heavy (non-hydrogen) atoms. The predicted molar refractivity (Wildman–Crippen MR) is 93.7 cm³/mol. The van der Waals surface area contributed by atoms with Gasteiger partial charge in [0.1, 0.15) is 23.7 Å². The zero-order valence-electron chi connectivity index (χ0n) is 13.5. The molecule has 2 aromatic carbocycles. The summed E-state index contributed by atoms with van der Waals surface area (Å²) in [4.78, 5) is 1.03. The van der Waals surface area contributed by atoms with Crippen LogP contribution in [-0.2, 0) is 16.1 Å². The van der Waals surface area contributed by atoms with Gasteiger partial charge in [-0.2, -0.15) is 0 Å². The normalized spacial score (nSPS) is 30.2. The Kier molecular flexibility index (Phi) is 5.92. The summed E-state index contributed by atoms with van der Waals surface area (Å²) in [6, 6.07) is 19.6. The Labute approximate surface area is 146 Å². The average molecular weight is 346 g/mol. The second kappa shape index (κ2) is 8.14. The van der Waals surface area contributed by atoms with E-state index in [2.05, 4.69) is 0 Å². The molecule has 0 saturated carbocycles. The van der Waals surface area contributed by atoms with Crippen LogP contribution in [0.2, 0.25) is 0 Å². The number of aliphatic hydroxyl groups excluding tert-OH is 2. The number of hydrogen-bond donors (Lipinski definition) is 2. The second-order valence-corrected chi connectivity index (χ2v) is 7.05. The first kappa shape index (κ1) is 17.5. The van der Waals surface area contributed by atoms with Crippen LogP contribution in [0.25, 0.3) is 0 Å². The Hall–Kier alpha value is -1.37. The molecule has 0 unspecified atom stereocenters. The third-order valence-corrected chi connectivity index (χ3v) is 5.22. The van der Waals surface area contributed by atoms with Gasteiger partial charge in [0.15, 0.2) is 0 Å². The Morgan fingerprint density at radius 2 is 1.58 bits per heavy atom. The van der Waals surface area contributed by atoms with Gasteiger partial charge in [-0.05, 0) is 24.6 Å². The van der Waals surface area contributed by atoms with Crippen LogP contribution in [0.1, 0.15) is 12.5 Å². The van der Waals surface area contributed by atoms with Crippen LogP contribution in [0.15, 0.2) is 65.6 Å². The van der Waals surface area contributed by atoms with E-state index in [4.69, 9.17) is 9.47 Å².